The summed E-state index contributed by atoms with van der Waals surface area (Å²) in [7, 11) is 0. The lowest BCUT2D eigenvalue weighted by atomic mass is 10.2. The summed E-state index contributed by atoms with van der Waals surface area (Å²) < 4.78 is 13.5. The van der Waals surface area contributed by atoms with Gasteiger partial charge < -0.3 is 5.11 Å². The van der Waals surface area contributed by atoms with Crippen LogP contribution < -0.4 is 4.90 Å². The van der Waals surface area contributed by atoms with Crippen LogP contribution in [0.25, 0.3) is 0 Å². The molecule has 1 aromatic rings. The van der Waals surface area contributed by atoms with Crippen LogP contribution >= 0.6 is 11.3 Å². The van der Waals surface area contributed by atoms with E-state index < -0.39 is 18.2 Å². The van der Waals surface area contributed by atoms with Crippen LogP contribution in [0.3, 0.4) is 0 Å². The molecule has 1 unspecified atom stereocenters. The first-order chi connectivity index (χ1) is 7.61. The molecule has 0 bridgehead atoms. The summed E-state index contributed by atoms with van der Waals surface area (Å²) in [5.41, 5.74) is 0.405. The highest BCUT2D eigenvalue weighted by atomic mass is 32.1. The maximum Gasteiger partial charge on any atom is 0.360 e. The number of thiophene rings is 1. The zero-order valence-corrected chi connectivity index (χ0v) is 9.17. The molecule has 1 amide bonds. The Bertz CT molecular complexity index is 431. The lowest BCUT2D eigenvalue weighted by Gasteiger charge is -2.22. The van der Waals surface area contributed by atoms with Gasteiger partial charge in [-0.05, 0) is 24.3 Å². The van der Waals surface area contributed by atoms with Crippen LogP contribution in [-0.4, -0.2) is 23.3 Å². The van der Waals surface area contributed by atoms with Crippen LogP contribution in [-0.2, 0) is 16.0 Å². The molecule has 86 valence electrons. The van der Waals surface area contributed by atoms with E-state index in [1.54, 1.807) is 11.4 Å². The van der Waals surface area contributed by atoms with Crippen molar-refractivity contribution in [1.82, 2.24) is 0 Å². The Labute approximate surface area is 95.3 Å². The molecule has 16 heavy (non-hydrogen) atoms. The average Bonchev–Trinajstić information content (AvgIpc) is 2.61. The highest BCUT2D eigenvalue weighted by Crippen LogP contribution is 2.33. The highest BCUT2D eigenvalue weighted by Gasteiger charge is 2.33. The van der Waals surface area contributed by atoms with Gasteiger partial charge in [0.15, 0.2) is 0 Å². The number of fused-ring (bicyclic) bond motifs is 1. The van der Waals surface area contributed by atoms with Gasteiger partial charge in [0.05, 0.1) is 5.69 Å². The minimum Gasteiger partial charge on any atom is -0.478 e. The highest BCUT2D eigenvalue weighted by molar-refractivity contribution is 7.10. The van der Waals surface area contributed by atoms with E-state index in [-0.39, 0.29) is 6.42 Å². The normalized spacial score (nSPS) is 17.8. The van der Waals surface area contributed by atoms with Gasteiger partial charge in [-0.25, -0.2) is 9.18 Å². The van der Waals surface area contributed by atoms with Crippen molar-refractivity contribution >= 4 is 28.9 Å². The first-order valence-corrected chi connectivity index (χ1v) is 5.74. The predicted octanol–water partition coefficient (Wildman–Crippen LogP) is 1.80. The number of rotatable bonds is 2. The molecule has 0 aliphatic carbocycles. The van der Waals surface area contributed by atoms with E-state index in [1.807, 2.05) is 0 Å². The summed E-state index contributed by atoms with van der Waals surface area (Å²) in [6.07, 6.45) is -0.773. The smallest absolute Gasteiger partial charge is 0.360 e. The van der Waals surface area contributed by atoms with Crippen LogP contribution in [0.2, 0.25) is 0 Å². The van der Waals surface area contributed by atoms with Gasteiger partial charge in [0.25, 0.3) is 6.30 Å². The molecule has 1 N–H and O–H groups in total. The second kappa shape index (κ2) is 4.21. The fourth-order valence-corrected chi connectivity index (χ4v) is 2.66. The third-order valence-electron chi connectivity index (χ3n) is 2.48. The number of amides is 1. The molecule has 0 spiro atoms. The van der Waals surface area contributed by atoms with Crippen LogP contribution in [0.4, 0.5) is 10.1 Å². The predicted molar refractivity (Wildman–Crippen MR) is 57.3 cm³/mol. The van der Waals surface area contributed by atoms with E-state index in [4.69, 9.17) is 5.11 Å². The third kappa shape index (κ3) is 1.80. The van der Waals surface area contributed by atoms with E-state index in [1.165, 1.54) is 11.3 Å². The monoisotopic (exact) mass is 243 g/mol. The third-order valence-corrected chi connectivity index (χ3v) is 3.45. The summed E-state index contributed by atoms with van der Waals surface area (Å²) in [5.74, 6) is -2.10. The average molecular weight is 243 g/mol. The Morgan fingerprint density at radius 2 is 2.31 bits per heavy atom. The minimum atomic E-state index is -2.29. The van der Waals surface area contributed by atoms with Crippen LogP contribution in [0.15, 0.2) is 11.4 Å². The number of carboxylic acids is 1. The summed E-state index contributed by atoms with van der Waals surface area (Å²) >= 11 is 1.42. The lowest BCUT2D eigenvalue weighted by Crippen LogP contribution is -2.42. The summed E-state index contributed by atoms with van der Waals surface area (Å²) in [6, 6.07) is 1.60. The molecule has 4 nitrogen and oxygen atoms in total. The zero-order chi connectivity index (χ0) is 11.7. The van der Waals surface area contributed by atoms with Crippen LogP contribution in [0.5, 0.6) is 0 Å². The number of carbonyl (C=O) groups excluding carboxylic acids is 1. The molecule has 0 fully saturated rings. The summed E-state index contributed by atoms with van der Waals surface area (Å²) in [5, 5.41) is 10.4. The number of anilines is 1. The standard InChI is InChI=1S/C10H10FNO3S/c11-9(10(14)15)12-6-4-5-16-7(6)2-1-3-8(12)13/h4-5,9H,1-3H2,(H,14,15). The van der Waals surface area contributed by atoms with Gasteiger partial charge in [-0.1, -0.05) is 0 Å². The number of carboxylic acid groups (broad SMARTS) is 1. The minimum absolute atomic E-state index is 0.190. The van der Waals surface area contributed by atoms with Crippen molar-refractivity contribution in [3.05, 3.63) is 16.3 Å². The van der Waals surface area contributed by atoms with E-state index >= 15 is 0 Å². The van der Waals surface area contributed by atoms with Gasteiger partial charge in [-0.3, -0.25) is 9.69 Å². The number of carbonyl (C=O) groups is 2. The molecule has 0 saturated carbocycles. The van der Waals surface area contributed by atoms with Gasteiger partial charge in [0, 0.05) is 11.3 Å². The van der Waals surface area contributed by atoms with E-state index in [0.717, 1.165) is 9.78 Å². The number of nitrogens with zero attached hydrogens (tertiary/aromatic N) is 1. The molecule has 0 saturated heterocycles. The summed E-state index contributed by atoms with van der Waals surface area (Å²) in [4.78, 5) is 23.9. The second-order valence-electron chi connectivity index (χ2n) is 3.52. The Kier molecular flexibility index (Phi) is 2.91. The quantitative estimate of drug-likeness (QED) is 0.806. The molecular formula is C10H10FNO3S. The maximum absolute atomic E-state index is 13.5. The maximum atomic E-state index is 13.5. The Balaban J connectivity index is 2.41. The SMILES string of the molecule is O=C(O)C(F)N1C(=O)CCCc2sccc21. The molecule has 1 aliphatic rings. The van der Waals surface area contributed by atoms with Gasteiger partial charge in [0.2, 0.25) is 5.91 Å². The Hall–Kier alpha value is -1.43. The van der Waals surface area contributed by atoms with Crippen LogP contribution in [0, 0.1) is 0 Å². The lowest BCUT2D eigenvalue weighted by molar-refractivity contribution is -0.144. The van der Waals surface area contributed by atoms with Gasteiger partial charge in [-0.15, -0.1) is 11.3 Å². The fourth-order valence-electron chi connectivity index (χ4n) is 1.75. The molecule has 0 aromatic carbocycles. The second-order valence-corrected chi connectivity index (χ2v) is 4.52. The molecular weight excluding hydrogens is 233 g/mol. The number of aryl methyl sites for hydroxylation is 1. The van der Waals surface area contributed by atoms with Crippen molar-refractivity contribution in [2.24, 2.45) is 0 Å². The first-order valence-electron chi connectivity index (χ1n) is 4.86. The molecule has 1 aliphatic heterocycles. The number of hydrogen-bond donors (Lipinski definition) is 1. The number of hydrogen-bond acceptors (Lipinski definition) is 3. The van der Waals surface area contributed by atoms with E-state index in [9.17, 15) is 14.0 Å². The van der Waals surface area contributed by atoms with Crippen molar-refractivity contribution in [1.29, 1.82) is 0 Å². The van der Waals surface area contributed by atoms with Crippen molar-refractivity contribution in [2.75, 3.05) is 4.90 Å². The number of alkyl halides is 1. The van der Waals surface area contributed by atoms with E-state index in [0.29, 0.717) is 18.5 Å². The fraction of sp³-hybridized carbons (Fsp3) is 0.400. The van der Waals surface area contributed by atoms with Crippen LogP contribution in [0.1, 0.15) is 17.7 Å². The zero-order valence-electron chi connectivity index (χ0n) is 8.35. The molecule has 2 rings (SSSR count). The molecule has 0 radical (unpaired) electrons. The number of aliphatic carboxylic acids is 1. The van der Waals surface area contributed by atoms with Gasteiger partial charge in [0.1, 0.15) is 0 Å². The van der Waals surface area contributed by atoms with Gasteiger partial charge >= 0.3 is 5.97 Å². The Morgan fingerprint density at radius 1 is 1.56 bits per heavy atom. The van der Waals surface area contributed by atoms with Gasteiger partial charge in [-0.2, -0.15) is 0 Å². The molecule has 6 heteroatoms. The Morgan fingerprint density at radius 3 is 3.00 bits per heavy atom. The first kappa shape index (κ1) is 11.1. The molecule has 1 atom stereocenters. The molecule has 2 heterocycles. The van der Waals surface area contributed by atoms with Crippen molar-refractivity contribution in [2.45, 2.75) is 25.6 Å². The number of halogens is 1. The summed E-state index contributed by atoms with van der Waals surface area (Å²) in [6.45, 7) is 0. The van der Waals surface area contributed by atoms with E-state index in [2.05, 4.69) is 0 Å². The largest absolute Gasteiger partial charge is 0.478 e. The topological polar surface area (TPSA) is 57.6 Å². The molecule has 1 aromatic heterocycles. The van der Waals surface area contributed by atoms with Crippen molar-refractivity contribution < 1.29 is 19.1 Å². The van der Waals surface area contributed by atoms with Crippen molar-refractivity contribution in [3.63, 3.8) is 0 Å². The van der Waals surface area contributed by atoms with Crippen molar-refractivity contribution in [3.8, 4) is 0 Å².